The fourth-order valence-corrected chi connectivity index (χ4v) is 14.3. The van der Waals surface area contributed by atoms with Crippen LogP contribution in [0.25, 0.3) is 0 Å². The SMILES string of the molecule is CC(C)C1CC(N(C2C=CC(F)CC2)C2CCC(F)CC2)=C2C=C3C4=C(CCC3(C)C)CC(N(C3=CCC(F)CC3)C3C5CC(F)CC[C@H]53)C3C=CC1C2C43. The van der Waals surface area contributed by atoms with E-state index in [1.807, 2.05) is 0 Å². The second-order valence-electron chi connectivity index (χ2n) is 20.9. The fourth-order valence-electron chi connectivity index (χ4n) is 14.3. The van der Waals surface area contributed by atoms with Gasteiger partial charge in [0.15, 0.2) is 0 Å². The van der Waals surface area contributed by atoms with Crippen LogP contribution >= 0.6 is 0 Å². The minimum absolute atomic E-state index is 0.0669. The maximum absolute atomic E-state index is 15.0. The average Bonchev–Trinajstić information content (AvgIpc) is 3.87. The summed E-state index contributed by atoms with van der Waals surface area (Å²) in [5, 5.41) is 0. The molecule has 3 fully saturated rings. The lowest BCUT2D eigenvalue weighted by Gasteiger charge is -2.60. The first-order valence-electron chi connectivity index (χ1n) is 22.8. The molecule has 0 bridgehead atoms. The number of rotatable bonds is 7. The molecule has 3 saturated carbocycles. The molecule has 0 N–H and O–H groups in total. The van der Waals surface area contributed by atoms with Crippen LogP contribution in [-0.2, 0) is 0 Å². The molecule has 0 aliphatic heterocycles. The Morgan fingerprint density at radius 2 is 1.51 bits per heavy atom. The summed E-state index contributed by atoms with van der Waals surface area (Å²) in [5.74, 6) is 3.50. The third kappa shape index (κ3) is 6.20. The number of allylic oxidation sites excluding steroid dienone is 9. The Bertz CT molecular complexity index is 1710. The maximum Gasteiger partial charge on any atom is 0.118 e. The smallest absolute Gasteiger partial charge is 0.118 e. The lowest BCUT2D eigenvalue weighted by molar-refractivity contribution is 0.0581. The van der Waals surface area contributed by atoms with Crippen molar-refractivity contribution >= 4 is 0 Å². The number of nitrogens with zero attached hydrogens (tertiary/aromatic N) is 2. The van der Waals surface area contributed by atoms with Crippen LogP contribution in [0.15, 0.2) is 70.1 Å². The molecule has 0 aromatic heterocycles. The van der Waals surface area contributed by atoms with Gasteiger partial charge in [-0.15, -0.1) is 0 Å². The summed E-state index contributed by atoms with van der Waals surface area (Å²) in [5.41, 5.74) is 9.34. The van der Waals surface area contributed by atoms with E-state index < -0.39 is 24.7 Å². The Morgan fingerprint density at radius 1 is 0.727 bits per heavy atom. The normalized spacial score (nSPS) is 45.4. The van der Waals surface area contributed by atoms with Crippen molar-refractivity contribution in [2.45, 2.75) is 179 Å². The summed E-state index contributed by atoms with van der Waals surface area (Å²) >= 11 is 0. The van der Waals surface area contributed by atoms with Crippen molar-refractivity contribution in [2.75, 3.05) is 0 Å². The molecule has 300 valence electrons. The van der Waals surface area contributed by atoms with Gasteiger partial charge in [0.05, 0.1) is 0 Å². The molecule has 0 aromatic carbocycles. The zero-order valence-corrected chi connectivity index (χ0v) is 33.9. The number of halogens is 4. The predicted molar refractivity (Wildman–Crippen MR) is 214 cm³/mol. The third-order valence-corrected chi connectivity index (χ3v) is 17.2. The second kappa shape index (κ2) is 14.0. The number of hydrogen-bond acceptors (Lipinski definition) is 2. The van der Waals surface area contributed by atoms with Crippen LogP contribution in [0.5, 0.6) is 0 Å². The van der Waals surface area contributed by atoms with E-state index in [2.05, 4.69) is 67.9 Å². The van der Waals surface area contributed by atoms with Crippen LogP contribution in [0.4, 0.5) is 17.6 Å². The third-order valence-electron chi connectivity index (χ3n) is 17.2. The first-order chi connectivity index (χ1) is 26.5. The van der Waals surface area contributed by atoms with Gasteiger partial charge in [0, 0.05) is 41.5 Å². The number of fused-ring (bicyclic) bond motifs is 1. The van der Waals surface area contributed by atoms with Gasteiger partial charge in [0.25, 0.3) is 0 Å². The molecule has 10 aliphatic rings. The summed E-state index contributed by atoms with van der Waals surface area (Å²) in [6.07, 6.45) is 24.1. The molecule has 0 spiro atoms. The highest BCUT2D eigenvalue weighted by atomic mass is 19.1. The molecule has 0 saturated heterocycles. The molecule has 10 aliphatic carbocycles. The van der Waals surface area contributed by atoms with Crippen molar-refractivity contribution in [3.8, 4) is 0 Å². The van der Waals surface area contributed by atoms with Crippen molar-refractivity contribution in [3.05, 3.63) is 70.1 Å². The van der Waals surface area contributed by atoms with Gasteiger partial charge in [-0.1, -0.05) is 69.7 Å². The van der Waals surface area contributed by atoms with E-state index in [4.69, 9.17) is 0 Å². The predicted octanol–water partition coefficient (Wildman–Crippen LogP) is 12.3. The van der Waals surface area contributed by atoms with Crippen LogP contribution < -0.4 is 0 Å². The minimum atomic E-state index is -0.880. The molecule has 10 rings (SSSR count). The van der Waals surface area contributed by atoms with Gasteiger partial charge in [0.2, 0.25) is 0 Å². The molecule has 2 nitrogen and oxygen atoms in total. The van der Waals surface area contributed by atoms with Crippen molar-refractivity contribution in [3.63, 3.8) is 0 Å². The second-order valence-corrected chi connectivity index (χ2v) is 20.9. The van der Waals surface area contributed by atoms with E-state index >= 15 is 0 Å². The molecule has 0 amide bonds. The molecule has 55 heavy (non-hydrogen) atoms. The Morgan fingerprint density at radius 3 is 2.22 bits per heavy atom. The van der Waals surface area contributed by atoms with Crippen molar-refractivity contribution in [2.24, 2.45) is 52.8 Å². The van der Waals surface area contributed by atoms with Crippen LogP contribution in [0.3, 0.4) is 0 Å². The van der Waals surface area contributed by atoms with E-state index in [1.165, 1.54) is 17.0 Å². The molecular formula is C49H66F4N2. The van der Waals surface area contributed by atoms with Gasteiger partial charge in [0.1, 0.15) is 24.7 Å². The van der Waals surface area contributed by atoms with Crippen molar-refractivity contribution < 1.29 is 17.6 Å². The van der Waals surface area contributed by atoms with Crippen LogP contribution in [0.2, 0.25) is 0 Å². The zero-order valence-electron chi connectivity index (χ0n) is 33.9. The van der Waals surface area contributed by atoms with Gasteiger partial charge in [-0.2, -0.15) is 0 Å². The first kappa shape index (κ1) is 37.1. The summed E-state index contributed by atoms with van der Waals surface area (Å²) in [6.45, 7) is 9.79. The topological polar surface area (TPSA) is 6.48 Å². The van der Waals surface area contributed by atoms with Crippen LogP contribution in [-0.4, -0.2) is 58.7 Å². The highest BCUT2D eigenvalue weighted by molar-refractivity contribution is 5.58. The summed E-state index contributed by atoms with van der Waals surface area (Å²) < 4.78 is 59.2. The van der Waals surface area contributed by atoms with Gasteiger partial charge in [-0.25, -0.2) is 17.6 Å². The quantitative estimate of drug-likeness (QED) is 0.188. The molecule has 0 radical (unpaired) electrons. The summed E-state index contributed by atoms with van der Waals surface area (Å²) in [4.78, 5) is 5.57. The van der Waals surface area contributed by atoms with E-state index in [0.717, 1.165) is 57.8 Å². The maximum atomic E-state index is 15.0. The minimum Gasteiger partial charge on any atom is -0.368 e. The molecule has 0 heterocycles. The summed E-state index contributed by atoms with van der Waals surface area (Å²) in [6, 6.07) is 1.10. The Balaban J connectivity index is 1.14. The van der Waals surface area contributed by atoms with Crippen LogP contribution in [0, 0.1) is 52.8 Å². The van der Waals surface area contributed by atoms with E-state index in [0.29, 0.717) is 104 Å². The highest BCUT2D eigenvalue weighted by Crippen LogP contribution is 2.66. The van der Waals surface area contributed by atoms with Crippen molar-refractivity contribution in [1.82, 2.24) is 9.80 Å². The standard InChI is InChI=1S/C49H66F4N2/c1-27(2)39-26-44(54(33-12-5-29(50)6-13-33)34-14-7-30(51)8-15-34)41-25-42-45-28(21-22-49(42,3)4)23-43(38-20-19-36(39)46(41)47(38)45)55(35-16-9-31(52)10-17-35)48-37-18-11-32(53)24-40(37)48/h5,12,16,19-20,25,27,29-34,36-40,43,46-48H,6-11,13-15,17-18,21-24,26H2,1-4H3/t29?,30?,31?,32?,33?,34?,36?,37-,38?,39?,40?,43?,46?,47?,48?/m1/s1. The monoisotopic (exact) mass is 759 g/mol. The molecule has 0 aromatic rings. The lowest BCUT2D eigenvalue weighted by atomic mass is 9.47. The molecule has 13 atom stereocenters. The van der Waals surface area contributed by atoms with Gasteiger partial charge >= 0.3 is 0 Å². The first-order valence-corrected chi connectivity index (χ1v) is 22.8. The highest BCUT2D eigenvalue weighted by Gasteiger charge is 2.62. The van der Waals surface area contributed by atoms with Gasteiger partial charge in [-0.3, -0.25) is 0 Å². The van der Waals surface area contributed by atoms with Crippen molar-refractivity contribution in [1.29, 1.82) is 0 Å². The molecular weight excluding hydrogens is 693 g/mol. The van der Waals surface area contributed by atoms with Gasteiger partial charge < -0.3 is 9.80 Å². The Kier molecular flexibility index (Phi) is 9.40. The largest absolute Gasteiger partial charge is 0.368 e. The number of hydrogen-bond donors (Lipinski definition) is 0. The van der Waals surface area contributed by atoms with Crippen LogP contribution in [0.1, 0.15) is 130 Å². The Hall–Kier alpha value is -2.24. The van der Waals surface area contributed by atoms with E-state index in [-0.39, 0.29) is 17.5 Å². The van der Waals surface area contributed by atoms with Gasteiger partial charge in [-0.05, 0) is 166 Å². The lowest BCUT2D eigenvalue weighted by Crippen LogP contribution is -2.56. The number of alkyl halides is 4. The molecule has 12 unspecified atom stereocenters. The fraction of sp³-hybridized carbons (Fsp3) is 0.755. The zero-order chi connectivity index (χ0) is 37.9. The van der Waals surface area contributed by atoms with E-state index in [1.54, 1.807) is 22.8 Å². The Labute approximate surface area is 328 Å². The van der Waals surface area contributed by atoms with E-state index in [9.17, 15) is 17.6 Å². The average molecular weight is 759 g/mol. The summed E-state index contributed by atoms with van der Waals surface area (Å²) in [7, 11) is 0. The molecule has 6 heteroatoms.